The lowest BCUT2D eigenvalue weighted by Gasteiger charge is -2.28. The Balaban J connectivity index is 4.03. The molecule has 0 aromatic rings. The Bertz CT molecular complexity index is 173. The molecule has 0 rings (SSSR count). The summed E-state index contributed by atoms with van der Waals surface area (Å²) in [5.74, 6) is 0.0784. The third kappa shape index (κ3) is 4.07. The number of nitrogens with zero attached hydrogens (tertiary/aromatic N) is 1. The van der Waals surface area contributed by atoms with E-state index in [0.29, 0.717) is 6.54 Å². The average Bonchev–Trinajstić information content (AvgIpc) is 2.22. The lowest BCUT2D eigenvalue weighted by Crippen LogP contribution is -2.49. The largest absolute Gasteiger partial charge is 0.355 e. The molecule has 0 saturated carbocycles. The summed E-state index contributed by atoms with van der Waals surface area (Å²) in [6, 6.07) is 0.123. The number of hydrogen-bond donors (Lipinski definition) is 2. The summed E-state index contributed by atoms with van der Waals surface area (Å²) in [5, 5.41) is 2.87. The van der Waals surface area contributed by atoms with Crippen LogP contribution in [0, 0.1) is 0 Å². The smallest absolute Gasteiger partial charge is 0.237 e. The quantitative estimate of drug-likeness (QED) is 0.644. The van der Waals surface area contributed by atoms with Gasteiger partial charge in [-0.25, -0.2) is 0 Å². The topological polar surface area (TPSA) is 58.4 Å². The van der Waals surface area contributed by atoms with Crippen LogP contribution in [0.15, 0.2) is 0 Å². The minimum Gasteiger partial charge on any atom is -0.355 e. The molecule has 0 aliphatic carbocycles. The van der Waals surface area contributed by atoms with E-state index in [4.69, 9.17) is 5.73 Å². The molecule has 4 heteroatoms. The first-order chi connectivity index (χ1) is 6.54. The first-order valence-corrected chi connectivity index (χ1v) is 5.24. The molecule has 0 radical (unpaired) electrons. The number of nitrogens with two attached hydrogens (primary N) is 1. The minimum absolute atomic E-state index is 0.0784. The zero-order valence-electron chi connectivity index (χ0n) is 9.71. The highest BCUT2D eigenvalue weighted by molar-refractivity contribution is 5.81. The molecule has 0 fully saturated rings. The number of likely N-dealkylation sites (N-methyl/N-ethyl adjacent to an activating group) is 1. The Morgan fingerprint density at radius 2 is 2.07 bits per heavy atom. The normalized spacial score (nSPS) is 15.3. The maximum atomic E-state index is 11.6. The van der Waals surface area contributed by atoms with Gasteiger partial charge < -0.3 is 11.1 Å². The second-order valence-electron chi connectivity index (χ2n) is 3.72. The molecule has 0 aliphatic heterocycles. The van der Waals surface area contributed by atoms with Crippen molar-refractivity contribution >= 4 is 5.91 Å². The molecule has 0 spiro atoms. The second kappa shape index (κ2) is 6.79. The van der Waals surface area contributed by atoms with Crippen LogP contribution >= 0.6 is 0 Å². The van der Waals surface area contributed by atoms with Gasteiger partial charge in [0.2, 0.25) is 5.91 Å². The van der Waals surface area contributed by atoms with Crippen LogP contribution in [0.5, 0.6) is 0 Å². The molecule has 0 saturated heterocycles. The monoisotopic (exact) mass is 201 g/mol. The zero-order valence-corrected chi connectivity index (χ0v) is 9.71. The zero-order chi connectivity index (χ0) is 11.1. The lowest BCUT2D eigenvalue weighted by molar-refractivity contribution is -0.126. The van der Waals surface area contributed by atoms with Gasteiger partial charge in [-0.3, -0.25) is 9.69 Å². The van der Waals surface area contributed by atoms with Crippen molar-refractivity contribution in [1.82, 2.24) is 10.2 Å². The molecule has 14 heavy (non-hydrogen) atoms. The predicted molar refractivity (Wildman–Crippen MR) is 59.0 cm³/mol. The number of carbonyl (C=O) groups is 1. The van der Waals surface area contributed by atoms with E-state index < -0.39 is 0 Å². The molecule has 0 aromatic carbocycles. The molecule has 84 valence electrons. The lowest BCUT2D eigenvalue weighted by atomic mass is 10.2. The highest BCUT2D eigenvalue weighted by Crippen LogP contribution is 2.01. The van der Waals surface area contributed by atoms with Gasteiger partial charge >= 0.3 is 0 Å². The average molecular weight is 201 g/mol. The van der Waals surface area contributed by atoms with Crippen LogP contribution in [0.3, 0.4) is 0 Å². The van der Waals surface area contributed by atoms with Gasteiger partial charge in [0.1, 0.15) is 0 Å². The van der Waals surface area contributed by atoms with Crippen LogP contribution in [0.25, 0.3) is 0 Å². The van der Waals surface area contributed by atoms with Crippen molar-refractivity contribution < 1.29 is 4.79 Å². The molecule has 0 heterocycles. The van der Waals surface area contributed by atoms with E-state index in [2.05, 4.69) is 5.32 Å². The highest BCUT2D eigenvalue weighted by Gasteiger charge is 2.20. The molecule has 2 atom stereocenters. The summed E-state index contributed by atoms with van der Waals surface area (Å²) in [6.45, 7) is 7.27. The number of hydrogen-bond acceptors (Lipinski definition) is 3. The summed E-state index contributed by atoms with van der Waals surface area (Å²) in [4.78, 5) is 13.6. The van der Waals surface area contributed by atoms with E-state index in [-0.39, 0.29) is 18.0 Å². The van der Waals surface area contributed by atoms with E-state index in [1.54, 1.807) is 0 Å². The van der Waals surface area contributed by atoms with Crippen molar-refractivity contribution in [1.29, 1.82) is 0 Å². The van der Waals surface area contributed by atoms with Gasteiger partial charge in [0, 0.05) is 19.1 Å². The molecular weight excluding hydrogens is 178 g/mol. The molecule has 0 bridgehead atoms. The first-order valence-electron chi connectivity index (χ1n) is 5.24. The van der Waals surface area contributed by atoms with E-state index in [9.17, 15) is 4.79 Å². The maximum Gasteiger partial charge on any atom is 0.237 e. The summed E-state index contributed by atoms with van der Waals surface area (Å²) in [6.07, 6.45) is 0.967. The Morgan fingerprint density at radius 1 is 1.50 bits per heavy atom. The van der Waals surface area contributed by atoms with Crippen LogP contribution in [-0.2, 0) is 4.79 Å². The molecular formula is C10H23N3O. The second-order valence-corrected chi connectivity index (χ2v) is 3.72. The van der Waals surface area contributed by atoms with Gasteiger partial charge in [-0.1, -0.05) is 6.92 Å². The predicted octanol–water partition coefficient (Wildman–Crippen LogP) is 0.180. The molecule has 1 amide bonds. The van der Waals surface area contributed by atoms with Crippen LogP contribution in [-0.4, -0.2) is 43.0 Å². The van der Waals surface area contributed by atoms with Gasteiger partial charge in [-0.2, -0.15) is 0 Å². The van der Waals surface area contributed by atoms with Gasteiger partial charge in [0.25, 0.3) is 0 Å². The SMILES string of the molecule is CCCNC(=O)C(C)N(C)C(C)CN. The van der Waals surface area contributed by atoms with Crippen molar-refractivity contribution in [3.8, 4) is 0 Å². The Morgan fingerprint density at radius 3 is 2.50 bits per heavy atom. The van der Waals surface area contributed by atoms with Crippen LogP contribution in [0.2, 0.25) is 0 Å². The van der Waals surface area contributed by atoms with E-state index >= 15 is 0 Å². The number of carbonyl (C=O) groups excluding carboxylic acids is 1. The third-order valence-electron chi connectivity index (χ3n) is 2.58. The van der Waals surface area contributed by atoms with Crippen molar-refractivity contribution in [2.24, 2.45) is 5.73 Å². The standard InChI is InChI=1S/C10H23N3O/c1-5-6-12-10(14)9(3)13(4)8(2)7-11/h8-9H,5-7,11H2,1-4H3,(H,12,14). The summed E-state index contributed by atoms with van der Waals surface area (Å²) >= 11 is 0. The highest BCUT2D eigenvalue weighted by atomic mass is 16.2. The summed E-state index contributed by atoms with van der Waals surface area (Å²) < 4.78 is 0. The number of rotatable bonds is 6. The number of nitrogens with one attached hydrogen (secondary N) is 1. The van der Waals surface area contributed by atoms with Crippen LogP contribution in [0.1, 0.15) is 27.2 Å². The van der Waals surface area contributed by atoms with Crippen LogP contribution in [0.4, 0.5) is 0 Å². The van der Waals surface area contributed by atoms with Crippen molar-refractivity contribution in [3.05, 3.63) is 0 Å². The van der Waals surface area contributed by atoms with E-state index in [1.807, 2.05) is 32.7 Å². The van der Waals surface area contributed by atoms with Crippen molar-refractivity contribution in [2.45, 2.75) is 39.3 Å². The van der Waals surface area contributed by atoms with E-state index in [1.165, 1.54) is 0 Å². The van der Waals surface area contributed by atoms with E-state index in [0.717, 1.165) is 13.0 Å². The molecule has 2 unspecified atom stereocenters. The van der Waals surface area contributed by atoms with Gasteiger partial charge in [0.15, 0.2) is 0 Å². The minimum atomic E-state index is -0.111. The fraction of sp³-hybridized carbons (Fsp3) is 0.900. The van der Waals surface area contributed by atoms with Crippen molar-refractivity contribution in [3.63, 3.8) is 0 Å². The van der Waals surface area contributed by atoms with Crippen LogP contribution < -0.4 is 11.1 Å². The molecule has 3 N–H and O–H groups in total. The fourth-order valence-electron chi connectivity index (χ4n) is 1.13. The summed E-state index contributed by atoms with van der Waals surface area (Å²) in [7, 11) is 1.92. The first kappa shape index (κ1) is 13.4. The van der Waals surface area contributed by atoms with Gasteiger partial charge in [0.05, 0.1) is 6.04 Å². The summed E-state index contributed by atoms with van der Waals surface area (Å²) in [5.41, 5.74) is 5.54. The Kier molecular flexibility index (Phi) is 6.49. The Labute approximate surface area is 86.8 Å². The molecule has 0 aromatic heterocycles. The fourth-order valence-corrected chi connectivity index (χ4v) is 1.13. The van der Waals surface area contributed by atoms with Gasteiger partial charge in [-0.15, -0.1) is 0 Å². The Hall–Kier alpha value is -0.610. The van der Waals surface area contributed by atoms with Gasteiger partial charge in [-0.05, 0) is 27.3 Å². The van der Waals surface area contributed by atoms with Crippen molar-refractivity contribution in [2.75, 3.05) is 20.1 Å². The molecule has 0 aliphatic rings. The number of amides is 1. The molecule has 4 nitrogen and oxygen atoms in total. The third-order valence-corrected chi connectivity index (χ3v) is 2.58. The maximum absolute atomic E-state index is 11.6.